The third-order valence-corrected chi connectivity index (χ3v) is 7.00. The standard InChI is InChI=1S/C27H29FN4O2S/c1-19(33)32(23-11-7-4-8-12-23)27-30-21(18-35-27)14-16-26(34)29-20-13-15-25(24(28)17-20)31(2)22-9-5-3-6-10-22/h4,7-8,11-18,22H,3,5-6,9-10H2,1-2H3,(H,29,34)/b16-14+. The fourth-order valence-corrected chi connectivity index (χ4v) is 5.20. The lowest BCUT2D eigenvalue weighted by Crippen LogP contribution is -2.33. The minimum Gasteiger partial charge on any atom is -0.369 e. The molecular weight excluding hydrogens is 463 g/mol. The summed E-state index contributed by atoms with van der Waals surface area (Å²) in [6.45, 7) is 1.48. The number of thiazole rings is 1. The van der Waals surface area contributed by atoms with Gasteiger partial charge < -0.3 is 10.2 Å². The Balaban J connectivity index is 1.39. The zero-order chi connectivity index (χ0) is 24.8. The van der Waals surface area contributed by atoms with Gasteiger partial charge in [0.15, 0.2) is 5.13 Å². The van der Waals surface area contributed by atoms with E-state index in [-0.39, 0.29) is 17.6 Å². The maximum atomic E-state index is 14.8. The number of hydrogen-bond acceptors (Lipinski definition) is 5. The Labute approximate surface area is 209 Å². The second kappa shape index (κ2) is 11.3. The van der Waals surface area contributed by atoms with Gasteiger partial charge in [-0.2, -0.15) is 0 Å². The Kier molecular flexibility index (Phi) is 7.92. The molecule has 2 aromatic carbocycles. The second-order valence-electron chi connectivity index (χ2n) is 8.64. The number of aromatic nitrogens is 1. The molecule has 0 bridgehead atoms. The first kappa shape index (κ1) is 24.6. The number of nitrogens with one attached hydrogen (secondary N) is 1. The number of hydrogen-bond donors (Lipinski definition) is 1. The van der Waals surface area contributed by atoms with Crippen molar-refractivity contribution >= 4 is 51.4 Å². The molecule has 1 heterocycles. The lowest BCUT2D eigenvalue weighted by atomic mass is 9.94. The van der Waals surface area contributed by atoms with Gasteiger partial charge in [-0.1, -0.05) is 37.5 Å². The molecule has 3 aromatic rings. The van der Waals surface area contributed by atoms with E-state index in [9.17, 15) is 14.0 Å². The summed E-state index contributed by atoms with van der Waals surface area (Å²) in [5.41, 5.74) is 2.22. The number of amides is 2. The van der Waals surface area contributed by atoms with E-state index in [1.165, 1.54) is 54.6 Å². The van der Waals surface area contributed by atoms with Crippen molar-refractivity contribution in [3.63, 3.8) is 0 Å². The van der Waals surface area contributed by atoms with Gasteiger partial charge in [0, 0.05) is 37.2 Å². The molecule has 182 valence electrons. The first-order chi connectivity index (χ1) is 16.9. The van der Waals surface area contributed by atoms with Crippen molar-refractivity contribution in [2.24, 2.45) is 0 Å². The van der Waals surface area contributed by atoms with E-state index < -0.39 is 0 Å². The van der Waals surface area contributed by atoms with Crippen molar-refractivity contribution in [2.75, 3.05) is 22.2 Å². The van der Waals surface area contributed by atoms with Crippen molar-refractivity contribution in [2.45, 2.75) is 45.1 Å². The summed E-state index contributed by atoms with van der Waals surface area (Å²) in [4.78, 5) is 32.6. The summed E-state index contributed by atoms with van der Waals surface area (Å²) in [6, 6.07) is 14.4. The molecule has 0 aliphatic heterocycles. The molecular formula is C27H29FN4O2S. The monoisotopic (exact) mass is 492 g/mol. The highest BCUT2D eigenvalue weighted by Gasteiger charge is 2.21. The van der Waals surface area contributed by atoms with Crippen LogP contribution in [0.3, 0.4) is 0 Å². The van der Waals surface area contributed by atoms with Crippen molar-refractivity contribution in [3.8, 4) is 0 Å². The van der Waals surface area contributed by atoms with E-state index in [1.54, 1.807) is 23.6 Å². The third kappa shape index (κ3) is 6.14. The lowest BCUT2D eigenvalue weighted by Gasteiger charge is -2.33. The van der Waals surface area contributed by atoms with Crippen molar-refractivity contribution in [1.82, 2.24) is 4.98 Å². The first-order valence-corrected chi connectivity index (χ1v) is 12.6. The van der Waals surface area contributed by atoms with E-state index in [2.05, 4.69) is 10.3 Å². The molecule has 1 saturated carbocycles. The molecule has 1 aliphatic carbocycles. The molecule has 6 nitrogen and oxygen atoms in total. The van der Waals surface area contributed by atoms with Crippen molar-refractivity contribution in [3.05, 3.63) is 71.5 Å². The third-order valence-electron chi connectivity index (χ3n) is 6.15. The van der Waals surface area contributed by atoms with E-state index in [0.29, 0.717) is 28.2 Å². The highest BCUT2D eigenvalue weighted by Crippen LogP contribution is 2.30. The largest absolute Gasteiger partial charge is 0.369 e. The fraction of sp³-hybridized carbons (Fsp3) is 0.296. The number of benzene rings is 2. The highest BCUT2D eigenvalue weighted by molar-refractivity contribution is 7.14. The molecule has 1 aliphatic rings. The fourth-order valence-electron chi connectivity index (χ4n) is 4.34. The molecule has 1 N–H and O–H groups in total. The normalized spacial score (nSPS) is 14.1. The molecule has 0 radical (unpaired) electrons. The van der Waals surface area contributed by atoms with Crippen LogP contribution in [0.5, 0.6) is 0 Å². The van der Waals surface area contributed by atoms with Crippen LogP contribution in [0.2, 0.25) is 0 Å². The number of nitrogens with zero attached hydrogens (tertiary/aromatic N) is 3. The predicted molar refractivity (Wildman–Crippen MR) is 141 cm³/mol. The Hall–Kier alpha value is -3.52. The average molecular weight is 493 g/mol. The average Bonchev–Trinajstić information content (AvgIpc) is 3.32. The summed E-state index contributed by atoms with van der Waals surface area (Å²) in [5, 5.41) is 4.99. The Morgan fingerprint density at radius 3 is 2.54 bits per heavy atom. The van der Waals surface area contributed by atoms with Crippen molar-refractivity contribution in [1.29, 1.82) is 0 Å². The van der Waals surface area contributed by atoms with Gasteiger partial charge in [-0.3, -0.25) is 14.5 Å². The summed E-state index contributed by atoms with van der Waals surface area (Å²) in [5.74, 6) is -0.897. The minimum atomic E-state index is -0.390. The van der Waals surface area contributed by atoms with Crippen LogP contribution in [0.1, 0.15) is 44.7 Å². The lowest BCUT2D eigenvalue weighted by molar-refractivity contribution is -0.116. The first-order valence-electron chi connectivity index (χ1n) is 11.7. The number of carbonyl (C=O) groups excluding carboxylic acids is 2. The van der Waals surface area contributed by atoms with Crippen LogP contribution in [0.25, 0.3) is 6.08 Å². The van der Waals surface area contributed by atoms with Gasteiger partial charge in [-0.15, -0.1) is 11.3 Å². The van der Waals surface area contributed by atoms with Gasteiger partial charge in [0.05, 0.1) is 17.1 Å². The van der Waals surface area contributed by atoms with Gasteiger partial charge >= 0.3 is 0 Å². The number of para-hydroxylation sites is 1. The molecule has 0 atom stereocenters. The van der Waals surface area contributed by atoms with Crippen LogP contribution >= 0.6 is 11.3 Å². The maximum absolute atomic E-state index is 14.8. The Morgan fingerprint density at radius 1 is 1.11 bits per heavy atom. The van der Waals surface area contributed by atoms with Crippen LogP contribution in [0.4, 0.5) is 26.6 Å². The number of rotatable bonds is 7. The van der Waals surface area contributed by atoms with Crippen LogP contribution in [0.15, 0.2) is 60.0 Å². The van der Waals surface area contributed by atoms with Gasteiger partial charge in [-0.25, -0.2) is 9.37 Å². The molecule has 4 rings (SSSR count). The molecule has 1 aromatic heterocycles. The van der Waals surface area contributed by atoms with E-state index in [0.717, 1.165) is 18.5 Å². The topological polar surface area (TPSA) is 65.5 Å². The van der Waals surface area contributed by atoms with E-state index >= 15 is 0 Å². The van der Waals surface area contributed by atoms with Gasteiger partial charge in [0.2, 0.25) is 11.8 Å². The number of anilines is 4. The summed E-state index contributed by atoms with van der Waals surface area (Å²) < 4.78 is 14.8. The quantitative estimate of drug-likeness (QED) is 0.388. The van der Waals surface area contributed by atoms with E-state index in [4.69, 9.17) is 0 Å². The zero-order valence-corrected chi connectivity index (χ0v) is 20.7. The molecule has 2 amide bonds. The second-order valence-corrected chi connectivity index (χ2v) is 9.47. The Morgan fingerprint density at radius 2 is 1.86 bits per heavy atom. The van der Waals surface area contributed by atoms with Gasteiger partial charge in [0.1, 0.15) is 5.82 Å². The van der Waals surface area contributed by atoms with Crippen LogP contribution in [-0.2, 0) is 9.59 Å². The Bertz CT molecular complexity index is 1200. The van der Waals surface area contributed by atoms with Crippen LogP contribution < -0.4 is 15.1 Å². The number of carbonyl (C=O) groups is 2. The molecule has 0 spiro atoms. The molecule has 0 unspecified atom stereocenters. The molecule has 1 fully saturated rings. The molecule has 35 heavy (non-hydrogen) atoms. The summed E-state index contributed by atoms with van der Waals surface area (Å²) >= 11 is 1.31. The smallest absolute Gasteiger partial charge is 0.248 e. The van der Waals surface area contributed by atoms with Gasteiger partial charge in [-0.05, 0) is 49.2 Å². The summed E-state index contributed by atoms with van der Waals surface area (Å²) in [6.07, 6.45) is 8.67. The van der Waals surface area contributed by atoms with Crippen LogP contribution in [0, 0.1) is 5.82 Å². The van der Waals surface area contributed by atoms with Crippen LogP contribution in [-0.4, -0.2) is 29.9 Å². The number of halogens is 1. The van der Waals surface area contributed by atoms with Gasteiger partial charge in [0.25, 0.3) is 0 Å². The van der Waals surface area contributed by atoms with E-state index in [1.807, 2.05) is 42.3 Å². The molecule has 8 heteroatoms. The van der Waals surface area contributed by atoms with Crippen molar-refractivity contribution < 1.29 is 14.0 Å². The zero-order valence-electron chi connectivity index (χ0n) is 19.9. The highest BCUT2D eigenvalue weighted by atomic mass is 32.1. The molecule has 0 saturated heterocycles. The minimum absolute atomic E-state index is 0.154. The maximum Gasteiger partial charge on any atom is 0.248 e. The predicted octanol–water partition coefficient (Wildman–Crippen LogP) is 6.39. The SMILES string of the molecule is CC(=O)N(c1ccccc1)c1nc(/C=C/C(=O)Nc2ccc(N(C)C3CCCCC3)c(F)c2)cs1. The summed E-state index contributed by atoms with van der Waals surface area (Å²) in [7, 11) is 1.93.